The second-order valence-corrected chi connectivity index (χ2v) is 4.98. The molecule has 0 saturated carbocycles. The second kappa shape index (κ2) is 6.01. The van der Waals surface area contributed by atoms with Gasteiger partial charge in [-0.1, -0.05) is 11.3 Å². The van der Waals surface area contributed by atoms with Gasteiger partial charge in [0.1, 0.15) is 5.69 Å². The van der Waals surface area contributed by atoms with Gasteiger partial charge in [-0.05, 0) is 31.4 Å². The highest BCUT2D eigenvalue weighted by atomic mass is 16.5. The Hall–Kier alpha value is -2.28. The zero-order valence-corrected chi connectivity index (χ0v) is 11.5. The molecule has 0 radical (unpaired) electrons. The van der Waals surface area contributed by atoms with Crippen LogP contribution in [-0.2, 0) is 11.3 Å². The van der Waals surface area contributed by atoms with Crippen LogP contribution in [0.5, 0.6) is 0 Å². The van der Waals surface area contributed by atoms with Gasteiger partial charge in [-0.2, -0.15) is 0 Å². The molecule has 0 bridgehead atoms. The first-order valence-electron chi connectivity index (χ1n) is 6.95. The minimum absolute atomic E-state index is 0.0459. The lowest BCUT2D eigenvalue weighted by Gasteiger charge is -2.22. The molecule has 7 heteroatoms. The van der Waals surface area contributed by atoms with Crippen molar-refractivity contribution in [2.75, 3.05) is 6.61 Å². The fourth-order valence-corrected chi connectivity index (χ4v) is 2.49. The first kappa shape index (κ1) is 13.7. The summed E-state index contributed by atoms with van der Waals surface area (Å²) in [7, 11) is 0. The zero-order chi connectivity index (χ0) is 14.7. The summed E-state index contributed by atoms with van der Waals surface area (Å²) in [5.41, 5.74) is 0.900. The Bertz CT molecular complexity index is 620. The number of aromatic carboxylic acids is 1. The number of rotatable bonds is 4. The number of hydrogen-bond acceptors (Lipinski definition) is 5. The molecule has 110 valence electrons. The van der Waals surface area contributed by atoms with Gasteiger partial charge in [0.15, 0.2) is 5.69 Å². The first-order chi connectivity index (χ1) is 10.3. The van der Waals surface area contributed by atoms with E-state index in [0.717, 1.165) is 25.9 Å². The highest BCUT2D eigenvalue weighted by Gasteiger charge is 2.24. The summed E-state index contributed by atoms with van der Waals surface area (Å²) in [6.45, 7) is 1.23. The van der Waals surface area contributed by atoms with Crippen molar-refractivity contribution >= 4 is 5.97 Å². The number of carboxylic acid groups (broad SMARTS) is 1. The Balaban J connectivity index is 1.95. The van der Waals surface area contributed by atoms with Gasteiger partial charge in [0.2, 0.25) is 0 Å². The quantitative estimate of drug-likeness (QED) is 0.919. The van der Waals surface area contributed by atoms with E-state index in [1.54, 1.807) is 23.0 Å². The van der Waals surface area contributed by atoms with E-state index in [1.165, 1.54) is 0 Å². The molecule has 1 fully saturated rings. The van der Waals surface area contributed by atoms with Crippen LogP contribution in [0.4, 0.5) is 0 Å². The summed E-state index contributed by atoms with van der Waals surface area (Å²) in [5.74, 6) is -1.11. The van der Waals surface area contributed by atoms with Crippen molar-refractivity contribution in [3.8, 4) is 11.4 Å². The van der Waals surface area contributed by atoms with Crippen molar-refractivity contribution in [1.82, 2.24) is 20.0 Å². The molecule has 3 rings (SSSR count). The lowest BCUT2D eigenvalue weighted by molar-refractivity contribution is 0.00397. The third-order valence-electron chi connectivity index (χ3n) is 3.50. The van der Waals surface area contributed by atoms with Crippen molar-refractivity contribution in [3.63, 3.8) is 0 Å². The fourth-order valence-electron chi connectivity index (χ4n) is 2.49. The molecular formula is C14H16N4O3. The van der Waals surface area contributed by atoms with E-state index in [4.69, 9.17) is 4.74 Å². The molecule has 7 nitrogen and oxygen atoms in total. The average Bonchev–Trinajstić information content (AvgIpc) is 2.93. The highest BCUT2D eigenvalue weighted by molar-refractivity contribution is 5.92. The smallest absolute Gasteiger partial charge is 0.358 e. The topological polar surface area (TPSA) is 90.1 Å². The fraction of sp³-hybridized carbons (Fsp3) is 0.429. The van der Waals surface area contributed by atoms with Gasteiger partial charge < -0.3 is 9.84 Å². The predicted octanol–water partition coefficient (Wildman–Crippen LogP) is 1.61. The minimum Gasteiger partial charge on any atom is -0.476 e. The molecule has 0 spiro atoms. The summed E-state index contributed by atoms with van der Waals surface area (Å²) in [5, 5.41) is 17.0. The molecule has 21 heavy (non-hydrogen) atoms. The van der Waals surface area contributed by atoms with Crippen molar-refractivity contribution in [2.24, 2.45) is 0 Å². The maximum Gasteiger partial charge on any atom is 0.358 e. The highest BCUT2D eigenvalue weighted by Crippen LogP contribution is 2.22. The summed E-state index contributed by atoms with van der Waals surface area (Å²) < 4.78 is 7.27. The number of carbonyl (C=O) groups is 1. The van der Waals surface area contributed by atoms with Gasteiger partial charge in [-0.15, -0.1) is 5.10 Å². The molecule has 0 aromatic carbocycles. The third-order valence-corrected chi connectivity index (χ3v) is 3.50. The summed E-state index contributed by atoms with van der Waals surface area (Å²) in [6, 6.07) is 5.34. The molecule has 0 amide bonds. The largest absolute Gasteiger partial charge is 0.476 e. The van der Waals surface area contributed by atoms with Crippen LogP contribution in [0, 0.1) is 0 Å². The minimum atomic E-state index is -1.11. The van der Waals surface area contributed by atoms with Crippen molar-refractivity contribution in [1.29, 1.82) is 0 Å². The number of pyridine rings is 1. The lowest BCUT2D eigenvalue weighted by atomic mass is 10.1. The summed E-state index contributed by atoms with van der Waals surface area (Å²) in [4.78, 5) is 15.5. The van der Waals surface area contributed by atoms with E-state index in [0.29, 0.717) is 17.9 Å². The maximum atomic E-state index is 11.3. The Kier molecular flexibility index (Phi) is 3.92. The summed E-state index contributed by atoms with van der Waals surface area (Å²) in [6.07, 6.45) is 4.80. The van der Waals surface area contributed by atoms with Crippen molar-refractivity contribution in [2.45, 2.75) is 31.9 Å². The maximum absolute atomic E-state index is 11.3. The van der Waals surface area contributed by atoms with Crippen LogP contribution in [0.1, 0.15) is 29.8 Å². The van der Waals surface area contributed by atoms with Gasteiger partial charge in [-0.25, -0.2) is 9.48 Å². The third kappa shape index (κ3) is 2.92. The van der Waals surface area contributed by atoms with Gasteiger partial charge >= 0.3 is 5.97 Å². The molecule has 1 aliphatic rings. The number of aromatic nitrogens is 4. The monoisotopic (exact) mass is 288 g/mol. The standard InChI is InChI=1S/C14H16N4O3/c19-14(20)12-13(11-6-1-3-7-15-11)18(17-16-12)9-10-5-2-4-8-21-10/h1,3,6-7,10H,2,4-5,8-9H2,(H,19,20). The lowest BCUT2D eigenvalue weighted by Crippen LogP contribution is -2.25. The van der Waals surface area contributed by atoms with E-state index in [-0.39, 0.29) is 11.8 Å². The van der Waals surface area contributed by atoms with Gasteiger partial charge in [-0.3, -0.25) is 4.98 Å². The van der Waals surface area contributed by atoms with E-state index in [9.17, 15) is 9.90 Å². The van der Waals surface area contributed by atoms with E-state index in [2.05, 4.69) is 15.3 Å². The molecule has 1 aliphatic heterocycles. The molecule has 0 aliphatic carbocycles. The Morgan fingerprint density at radius 2 is 2.33 bits per heavy atom. The average molecular weight is 288 g/mol. The van der Waals surface area contributed by atoms with Crippen LogP contribution < -0.4 is 0 Å². The van der Waals surface area contributed by atoms with Crippen molar-refractivity contribution < 1.29 is 14.6 Å². The Labute approximate surface area is 121 Å². The van der Waals surface area contributed by atoms with Crippen LogP contribution in [0.3, 0.4) is 0 Å². The van der Waals surface area contributed by atoms with Gasteiger partial charge in [0.05, 0.1) is 18.3 Å². The Morgan fingerprint density at radius 1 is 1.43 bits per heavy atom. The first-order valence-corrected chi connectivity index (χ1v) is 6.95. The van der Waals surface area contributed by atoms with E-state index >= 15 is 0 Å². The van der Waals surface area contributed by atoms with Crippen LogP contribution in [0.25, 0.3) is 11.4 Å². The Morgan fingerprint density at radius 3 is 3.00 bits per heavy atom. The molecule has 2 aromatic heterocycles. The number of hydrogen-bond donors (Lipinski definition) is 1. The van der Waals surface area contributed by atoms with Crippen LogP contribution in [0.15, 0.2) is 24.4 Å². The second-order valence-electron chi connectivity index (χ2n) is 4.98. The SMILES string of the molecule is O=C(O)c1nnn(CC2CCCCO2)c1-c1ccccn1. The van der Waals surface area contributed by atoms with Gasteiger partial charge in [0.25, 0.3) is 0 Å². The molecule has 1 unspecified atom stereocenters. The molecule has 1 saturated heterocycles. The van der Waals surface area contributed by atoms with E-state index < -0.39 is 5.97 Å². The molecular weight excluding hydrogens is 272 g/mol. The normalized spacial score (nSPS) is 18.6. The zero-order valence-electron chi connectivity index (χ0n) is 11.5. The number of nitrogens with zero attached hydrogens (tertiary/aromatic N) is 4. The number of carboxylic acids is 1. The van der Waals surface area contributed by atoms with Crippen molar-refractivity contribution in [3.05, 3.63) is 30.1 Å². The van der Waals surface area contributed by atoms with Gasteiger partial charge in [0, 0.05) is 12.8 Å². The molecule has 3 heterocycles. The molecule has 1 N–H and O–H groups in total. The van der Waals surface area contributed by atoms with Crippen LogP contribution in [0.2, 0.25) is 0 Å². The van der Waals surface area contributed by atoms with E-state index in [1.807, 2.05) is 6.07 Å². The predicted molar refractivity (Wildman–Crippen MR) is 73.8 cm³/mol. The molecule has 1 atom stereocenters. The molecule has 2 aromatic rings. The number of ether oxygens (including phenoxy) is 1. The summed E-state index contributed by atoms with van der Waals surface area (Å²) >= 11 is 0. The van der Waals surface area contributed by atoms with Crippen LogP contribution in [-0.4, -0.2) is 43.8 Å². The van der Waals surface area contributed by atoms with Crippen LogP contribution >= 0.6 is 0 Å².